The van der Waals surface area contributed by atoms with Crippen LogP contribution in [0.3, 0.4) is 0 Å². The molecule has 0 saturated carbocycles. The molecule has 100 valence electrons. The lowest BCUT2D eigenvalue weighted by Gasteiger charge is -2.14. The van der Waals surface area contributed by atoms with E-state index in [1.165, 1.54) is 42.9 Å². The quantitative estimate of drug-likeness (QED) is 0.517. The monoisotopic (exact) mass is 269 g/mol. The van der Waals surface area contributed by atoms with Crippen molar-refractivity contribution >= 4 is 28.6 Å². The normalized spacial score (nSPS) is 14.5. The van der Waals surface area contributed by atoms with Gasteiger partial charge in [-0.2, -0.15) is 0 Å². The Balaban J connectivity index is 2.09. The average Bonchev–Trinajstić information content (AvgIpc) is 2.94. The van der Waals surface area contributed by atoms with Crippen molar-refractivity contribution in [2.24, 2.45) is 0 Å². The van der Waals surface area contributed by atoms with Crippen molar-refractivity contribution in [2.45, 2.75) is 6.42 Å². The molecule has 0 radical (unpaired) electrons. The molecule has 5 rings (SSSR count). The summed E-state index contributed by atoms with van der Waals surface area (Å²) in [6, 6.07) is 17.7. The molecule has 1 heteroatoms. The number of rotatable bonds is 0. The second-order valence-corrected chi connectivity index (χ2v) is 5.81. The van der Waals surface area contributed by atoms with Gasteiger partial charge >= 0.3 is 0 Å². The van der Waals surface area contributed by atoms with Crippen LogP contribution in [-0.4, -0.2) is 6.54 Å². The van der Waals surface area contributed by atoms with Gasteiger partial charge in [-0.15, -0.1) is 0 Å². The molecule has 0 bridgehead atoms. The van der Waals surface area contributed by atoms with E-state index in [0.29, 0.717) is 0 Å². The lowest BCUT2D eigenvalue weighted by Crippen LogP contribution is -2.19. The molecule has 1 heterocycles. The SMILES string of the molecule is C1=c2ccc3c(c2NCC1)C=c1ccc2ccccc2c1=3. The maximum absolute atomic E-state index is 3.58. The van der Waals surface area contributed by atoms with E-state index in [1.54, 1.807) is 0 Å². The fourth-order valence-corrected chi connectivity index (χ4v) is 3.66. The molecule has 0 atom stereocenters. The molecule has 1 aliphatic heterocycles. The number of hydrogen-bond acceptors (Lipinski definition) is 1. The zero-order valence-corrected chi connectivity index (χ0v) is 11.7. The molecule has 2 aliphatic rings. The summed E-state index contributed by atoms with van der Waals surface area (Å²) in [7, 11) is 0. The first-order chi connectivity index (χ1) is 10.4. The number of fused-ring (bicyclic) bond motifs is 6. The van der Waals surface area contributed by atoms with Gasteiger partial charge in [-0.05, 0) is 44.1 Å². The van der Waals surface area contributed by atoms with Crippen LogP contribution in [0.5, 0.6) is 0 Å². The fourth-order valence-electron chi connectivity index (χ4n) is 3.66. The Morgan fingerprint density at radius 2 is 1.76 bits per heavy atom. The molecule has 0 spiro atoms. The van der Waals surface area contributed by atoms with E-state index in [2.05, 4.69) is 66.0 Å². The third-order valence-electron chi connectivity index (χ3n) is 4.62. The largest absolute Gasteiger partial charge is 0.384 e. The number of hydrogen-bond donors (Lipinski definition) is 1. The highest BCUT2D eigenvalue weighted by atomic mass is 14.9. The minimum Gasteiger partial charge on any atom is -0.384 e. The molecular weight excluding hydrogens is 254 g/mol. The maximum Gasteiger partial charge on any atom is 0.0490 e. The van der Waals surface area contributed by atoms with Crippen molar-refractivity contribution in [3.63, 3.8) is 0 Å². The predicted molar refractivity (Wildman–Crippen MR) is 88.5 cm³/mol. The van der Waals surface area contributed by atoms with Crippen LogP contribution in [-0.2, 0) is 0 Å². The average molecular weight is 269 g/mol. The first kappa shape index (κ1) is 11.2. The first-order valence-electron chi connectivity index (χ1n) is 7.53. The minimum absolute atomic E-state index is 1.04. The smallest absolute Gasteiger partial charge is 0.0490 e. The summed E-state index contributed by atoms with van der Waals surface area (Å²) in [5, 5.41) is 11.7. The molecule has 0 amide bonds. The summed E-state index contributed by atoms with van der Waals surface area (Å²) in [5.41, 5.74) is 2.66. The van der Waals surface area contributed by atoms with E-state index < -0.39 is 0 Å². The molecule has 0 unspecified atom stereocenters. The molecule has 1 N–H and O–H groups in total. The van der Waals surface area contributed by atoms with Crippen molar-refractivity contribution in [3.05, 3.63) is 75.0 Å². The van der Waals surface area contributed by atoms with Crippen LogP contribution in [0.1, 0.15) is 12.0 Å². The third kappa shape index (κ3) is 1.46. The van der Waals surface area contributed by atoms with Gasteiger partial charge in [0.2, 0.25) is 0 Å². The van der Waals surface area contributed by atoms with E-state index in [4.69, 9.17) is 0 Å². The lowest BCUT2D eigenvalue weighted by molar-refractivity contribution is 1.07. The first-order valence-corrected chi connectivity index (χ1v) is 7.53. The molecule has 0 saturated heterocycles. The lowest BCUT2D eigenvalue weighted by atomic mass is 10.0. The second kappa shape index (κ2) is 3.98. The second-order valence-electron chi connectivity index (χ2n) is 5.81. The Labute approximate surface area is 122 Å². The van der Waals surface area contributed by atoms with Gasteiger partial charge in [-0.1, -0.05) is 54.6 Å². The van der Waals surface area contributed by atoms with Gasteiger partial charge in [-0.3, -0.25) is 0 Å². The van der Waals surface area contributed by atoms with Crippen molar-refractivity contribution in [1.82, 2.24) is 0 Å². The molecule has 0 fully saturated rings. The molecule has 3 aromatic rings. The molecule has 21 heavy (non-hydrogen) atoms. The van der Waals surface area contributed by atoms with Gasteiger partial charge in [0.1, 0.15) is 0 Å². The van der Waals surface area contributed by atoms with Crippen LogP contribution in [0.15, 0.2) is 48.5 Å². The third-order valence-corrected chi connectivity index (χ3v) is 4.62. The van der Waals surface area contributed by atoms with Crippen LogP contribution >= 0.6 is 0 Å². The zero-order valence-electron chi connectivity index (χ0n) is 11.7. The summed E-state index contributed by atoms with van der Waals surface area (Å²) in [4.78, 5) is 0. The summed E-state index contributed by atoms with van der Waals surface area (Å²) < 4.78 is 0. The molecule has 3 aromatic carbocycles. The predicted octanol–water partition coefficient (Wildman–Crippen LogP) is 2.87. The zero-order chi connectivity index (χ0) is 13.8. The van der Waals surface area contributed by atoms with Crippen molar-refractivity contribution in [3.8, 4) is 0 Å². The Morgan fingerprint density at radius 3 is 2.76 bits per heavy atom. The van der Waals surface area contributed by atoms with Crippen molar-refractivity contribution < 1.29 is 0 Å². The summed E-state index contributed by atoms with van der Waals surface area (Å²) in [6.07, 6.45) is 5.78. The van der Waals surface area contributed by atoms with Crippen LogP contribution < -0.4 is 15.8 Å². The summed E-state index contributed by atoms with van der Waals surface area (Å²) in [5.74, 6) is 0. The van der Waals surface area contributed by atoms with E-state index in [-0.39, 0.29) is 0 Å². The van der Waals surface area contributed by atoms with E-state index in [1.807, 2.05) is 0 Å². The molecule has 0 aromatic heterocycles. The fraction of sp³-hybridized carbons (Fsp3) is 0.100. The van der Waals surface area contributed by atoms with E-state index in [9.17, 15) is 0 Å². The standard InChI is InChI=1S/C20H15N/c1-2-6-16-13(4-1)7-8-15-12-18-17(19(15)16)10-9-14-5-3-11-21-20(14)18/h1-2,4-10,12,21H,3,11H2. The highest BCUT2D eigenvalue weighted by Crippen LogP contribution is 2.22. The number of benzene rings is 3. The Kier molecular flexibility index (Phi) is 2.12. The van der Waals surface area contributed by atoms with E-state index in [0.717, 1.165) is 13.0 Å². The van der Waals surface area contributed by atoms with Crippen LogP contribution in [0, 0.1) is 10.4 Å². The van der Waals surface area contributed by atoms with E-state index >= 15 is 0 Å². The number of nitrogens with one attached hydrogen (secondary N) is 1. The highest BCUT2D eigenvalue weighted by Gasteiger charge is 2.12. The molecule has 1 nitrogen and oxygen atoms in total. The number of anilines is 1. The van der Waals surface area contributed by atoms with Gasteiger partial charge in [0.05, 0.1) is 0 Å². The Bertz CT molecular complexity index is 1110. The molecular formula is C20H15N. The van der Waals surface area contributed by atoms with Gasteiger partial charge in [-0.25, -0.2) is 0 Å². The maximum atomic E-state index is 3.58. The Hall–Kier alpha value is -2.54. The highest BCUT2D eigenvalue weighted by molar-refractivity contribution is 5.86. The van der Waals surface area contributed by atoms with Crippen LogP contribution in [0.25, 0.3) is 22.9 Å². The van der Waals surface area contributed by atoms with Gasteiger partial charge in [0.15, 0.2) is 0 Å². The van der Waals surface area contributed by atoms with Gasteiger partial charge in [0, 0.05) is 17.8 Å². The summed E-state index contributed by atoms with van der Waals surface area (Å²) >= 11 is 0. The minimum atomic E-state index is 1.04. The van der Waals surface area contributed by atoms with Crippen LogP contribution in [0.2, 0.25) is 0 Å². The van der Waals surface area contributed by atoms with Crippen molar-refractivity contribution in [2.75, 3.05) is 11.9 Å². The topological polar surface area (TPSA) is 12.0 Å². The van der Waals surface area contributed by atoms with Crippen LogP contribution in [0.4, 0.5) is 5.69 Å². The summed E-state index contributed by atoms with van der Waals surface area (Å²) in [6.45, 7) is 1.04. The Morgan fingerprint density at radius 1 is 0.857 bits per heavy atom. The van der Waals surface area contributed by atoms with Gasteiger partial charge in [0.25, 0.3) is 0 Å². The van der Waals surface area contributed by atoms with Gasteiger partial charge < -0.3 is 5.32 Å². The molecule has 1 aliphatic carbocycles. The van der Waals surface area contributed by atoms with Crippen molar-refractivity contribution in [1.29, 1.82) is 0 Å².